The fraction of sp³-hybridized carbons (Fsp3) is 0.727. The van der Waals surface area contributed by atoms with Crippen molar-refractivity contribution in [1.82, 2.24) is 0 Å². The van der Waals surface area contributed by atoms with Crippen LogP contribution in [0, 0.1) is 0 Å². The summed E-state index contributed by atoms with van der Waals surface area (Å²) in [5, 5.41) is 39.5. The monoisotopic (exact) mass is 428 g/mol. The third-order valence-electron chi connectivity index (χ3n) is 5.04. The lowest BCUT2D eigenvalue weighted by Crippen LogP contribution is -2.60. The second-order valence-electron chi connectivity index (χ2n) is 7.59. The van der Waals surface area contributed by atoms with Crippen molar-refractivity contribution in [3.8, 4) is 0 Å². The minimum Gasteiger partial charge on any atom is -0.394 e. The number of ether oxygens (including phenoxy) is 4. The van der Waals surface area contributed by atoms with E-state index < -0.39 is 43.4 Å². The van der Waals surface area contributed by atoms with Crippen molar-refractivity contribution in [3.63, 3.8) is 0 Å². The zero-order valence-corrected chi connectivity index (χ0v) is 17.6. The van der Waals surface area contributed by atoms with Crippen LogP contribution < -0.4 is 0 Å². The predicted octanol–water partition coefficient (Wildman–Crippen LogP) is 0.985. The van der Waals surface area contributed by atoms with Gasteiger partial charge in [-0.15, -0.1) is 0 Å². The number of benzene rings is 1. The van der Waals surface area contributed by atoms with Gasteiger partial charge in [-0.25, -0.2) is 0 Å². The molecule has 30 heavy (non-hydrogen) atoms. The van der Waals surface area contributed by atoms with E-state index in [2.05, 4.69) is 6.92 Å². The molecule has 1 aliphatic rings. The number of hydrogen-bond donors (Lipinski definition) is 4. The minimum absolute atomic E-state index is 0.193. The summed E-state index contributed by atoms with van der Waals surface area (Å²) >= 11 is 0. The Hall–Kier alpha value is -1.10. The van der Waals surface area contributed by atoms with Crippen LogP contribution in [-0.2, 0) is 25.6 Å². The molecule has 0 bridgehead atoms. The Labute approximate surface area is 178 Å². The van der Waals surface area contributed by atoms with E-state index in [1.54, 1.807) is 0 Å². The zero-order valence-electron chi connectivity index (χ0n) is 17.6. The summed E-state index contributed by atoms with van der Waals surface area (Å²) in [6, 6.07) is 9.70. The second-order valence-corrected chi connectivity index (χ2v) is 7.59. The van der Waals surface area contributed by atoms with E-state index in [0.29, 0.717) is 13.2 Å². The molecule has 1 aliphatic heterocycles. The molecule has 1 fully saturated rings. The Bertz CT molecular complexity index is 555. The number of aliphatic hydroxyl groups excluding tert-OH is 4. The van der Waals surface area contributed by atoms with Gasteiger partial charge in [0.1, 0.15) is 30.5 Å². The van der Waals surface area contributed by atoms with Crippen molar-refractivity contribution >= 4 is 0 Å². The average molecular weight is 429 g/mol. The lowest BCUT2D eigenvalue weighted by molar-refractivity contribution is -0.316. The van der Waals surface area contributed by atoms with Crippen LogP contribution in [0.1, 0.15) is 38.2 Å². The highest BCUT2D eigenvalue weighted by Crippen LogP contribution is 2.23. The molecule has 172 valence electrons. The fourth-order valence-corrected chi connectivity index (χ4v) is 3.22. The minimum atomic E-state index is -1.48. The van der Waals surface area contributed by atoms with Gasteiger partial charge in [0.15, 0.2) is 6.29 Å². The van der Waals surface area contributed by atoms with Crippen LogP contribution >= 0.6 is 0 Å². The van der Waals surface area contributed by atoms with Crippen LogP contribution in [-0.4, -0.2) is 83.7 Å². The Morgan fingerprint density at radius 1 is 0.933 bits per heavy atom. The van der Waals surface area contributed by atoms with Crippen LogP contribution in [0.15, 0.2) is 30.3 Å². The molecule has 1 aromatic carbocycles. The molecule has 1 unspecified atom stereocenters. The molecule has 4 N–H and O–H groups in total. The maximum absolute atomic E-state index is 10.2. The first-order valence-electron chi connectivity index (χ1n) is 10.7. The summed E-state index contributed by atoms with van der Waals surface area (Å²) in [5.41, 5.74) is 1.02. The van der Waals surface area contributed by atoms with Crippen LogP contribution in [0.25, 0.3) is 0 Å². The molecular weight excluding hydrogens is 392 g/mol. The number of unbranched alkanes of at least 4 members (excludes halogenated alkanes) is 3. The van der Waals surface area contributed by atoms with Gasteiger partial charge in [0.2, 0.25) is 0 Å². The Morgan fingerprint density at radius 3 is 2.37 bits per heavy atom. The first-order valence-corrected chi connectivity index (χ1v) is 10.7. The van der Waals surface area contributed by atoms with Crippen molar-refractivity contribution in [2.75, 3.05) is 26.4 Å². The van der Waals surface area contributed by atoms with E-state index in [1.165, 1.54) is 0 Å². The maximum Gasteiger partial charge on any atom is 0.187 e. The van der Waals surface area contributed by atoms with E-state index in [-0.39, 0.29) is 13.2 Å². The molecule has 1 aromatic rings. The van der Waals surface area contributed by atoms with Gasteiger partial charge < -0.3 is 39.4 Å². The van der Waals surface area contributed by atoms with Crippen LogP contribution in [0.5, 0.6) is 0 Å². The van der Waals surface area contributed by atoms with Gasteiger partial charge in [-0.05, 0) is 12.0 Å². The van der Waals surface area contributed by atoms with Gasteiger partial charge in [-0.1, -0.05) is 56.5 Å². The topological polar surface area (TPSA) is 118 Å². The van der Waals surface area contributed by atoms with Gasteiger partial charge >= 0.3 is 0 Å². The van der Waals surface area contributed by atoms with E-state index in [1.807, 2.05) is 30.3 Å². The van der Waals surface area contributed by atoms with Crippen LogP contribution in [0.4, 0.5) is 0 Å². The standard InChI is InChI=1S/C22H36O8/c1-2-3-4-8-11-27-14-17(15-28-13-16-9-6-5-7-10-16)29-22-21(26)20(25)19(24)18(12-23)30-22/h5-7,9-10,17-26H,2-4,8,11-15H2,1H3/t17?,18-,19+,20+,21-,22-/m1/s1. The molecule has 1 heterocycles. The number of aliphatic hydroxyl groups is 4. The van der Waals surface area contributed by atoms with Gasteiger partial charge in [-0.3, -0.25) is 0 Å². The van der Waals surface area contributed by atoms with Gasteiger partial charge in [0, 0.05) is 6.61 Å². The molecule has 1 saturated heterocycles. The van der Waals surface area contributed by atoms with E-state index in [0.717, 1.165) is 31.2 Å². The Kier molecular flexibility index (Phi) is 11.8. The molecule has 2 rings (SSSR count). The average Bonchev–Trinajstić information content (AvgIpc) is 2.76. The van der Waals surface area contributed by atoms with Crippen LogP contribution in [0.3, 0.4) is 0 Å². The van der Waals surface area contributed by atoms with E-state index in [4.69, 9.17) is 18.9 Å². The Balaban J connectivity index is 1.88. The molecule has 0 aliphatic carbocycles. The lowest BCUT2D eigenvalue weighted by atomic mass is 9.99. The van der Waals surface area contributed by atoms with Crippen molar-refractivity contribution < 1.29 is 39.4 Å². The number of rotatable bonds is 14. The molecule has 0 saturated carbocycles. The summed E-state index contributed by atoms with van der Waals surface area (Å²) in [6.45, 7) is 3.05. The highest BCUT2D eigenvalue weighted by Gasteiger charge is 2.44. The summed E-state index contributed by atoms with van der Waals surface area (Å²) in [7, 11) is 0. The van der Waals surface area contributed by atoms with Crippen molar-refractivity contribution in [2.24, 2.45) is 0 Å². The van der Waals surface area contributed by atoms with Gasteiger partial charge in [-0.2, -0.15) is 0 Å². The van der Waals surface area contributed by atoms with Crippen molar-refractivity contribution in [1.29, 1.82) is 0 Å². The quantitative estimate of drug-likeness (QED) is 0.324. The molecule has 8 nitrogen and oxygen atoms in total. The molecule has 0 aromatic heterocycles. The van der Waals surface area contributed by atoms with Crippen molar-refractivity contribution in [3.05, 3.63) is 35.9 Å². The SMILES string of the molecule is CCCCCCOCC(COCc1ccccc1)O[C@@H]1O[C@H](CO)[C@H](O)[C@H](O)[C@H]1O. The van der Waals surface area contributed by atoms with Gasteiger partial charge in [0.05, 0.1) is 26.4 Å². The van der Waals surface area contributed by atoms with E-state index >= 15 is 0 Å². The zero-order chi connectivity index (χ0) is 21.8. The third-order valence-corrected chi connectivity index (χ3v) is 5.04. The molecule has 8 heteroatoms. The first kappa shape index (κ1) is 25.2. The lowest BCUT2D eigenvalue weighted by Gasteiger charge is -2.40. The highest BCUT2D eigenvalue weighted by molar-refractivity contribution is 5.13. The first-order chi connectivity index (χ1) is 14.6. The molecule has 0 amide bonds. The Morgan fingerprint density at radius 2 is 1.67 bits per heavy atom. The third kappa shape index (κ3) is 8.20. The van der Waals surface area contributed by atoms with E-state index in [9.17, 15) is 20.4 Å². The summed E-state index contributed by atoms with van der Waals surface area (Å²) in [4.78, 5) is 0. The summed E-state index contributed by atoms with van der Waals surface area (Å²) in [5.74, 6) is 0. The normalized spacial score (nSPS) is 27.8. The predicted molar refractivity (Wildman–Crippen MR) is 110 cm³/mol. The molecule has 0 radical (unpaired) electrons. The molecule has 0 spiro atoms. The molecule has 6 atom stereocenters. The highest BCUT2D eigenvalue weighted by atomic mass is 16.7. The summed E-state index contributed by atoms with van der Waals surface area (Å²) < 4.78 is 22.7. The van der Waals surface area contributed by atoms with Crippen LogP contribution in [0.2, 0.25) is 0 Å². The largest absolute Gasteiger partial charge is 0.394 e. The van der Waals surface area contributed by atoms with Crippen molar-refractivity contribution in [2.45, 2.75) is 76.0 Å². The maximum atomic E-state index is 10.2. The molecular formula is C22H36O8. The smallest absolute Gasteiger partial charge is 0.187 e. The fourth-order valence-electron chi connectivity index (χ4n) is 3.22. The summed E-state index contributed by atoms with van der Waals surface area (Å²) in [6.07, 6.45) is -2.79. The number of hydrogen-bond acceptors (Lipinski definition) is 8. The van der Waals surface area contributed by atoms with Gasteiger partial charge in [0.25, 0.3) is 0 Å². The second kappa shape index (κ2) is 14.1.